The molecule has 0 bridgehead atoms. The van der Waals surface area contributed by atoms with Gasteiger partial charge in [-0.05, 0) is 37.5 Å². The maximum absolute atomic E-state index is 12.4. The van der Waals surface area contributed by atoms with Gasteiger partial charge in [0, 0.05) is 6.54 Å². The van der Waals surface area contributed by atoms with Crippen LogP contribution in [0.2, 0.25) is 0 Å². The third-order valence-corrected chi connectivity index (χ3v) is 5.19. The number of carbonyl (C=O) groups excluding carboxylic acids is 4. The number of amides is 3. The van der Waals surface area contributed by atoms with Crippen LogP contribution in [0.1, 0.15) is 25.3 Å². The molecule has 1 N–H and O–H groups in total. The molecule has 0 spiro atoms. The summed E-state index contributed by atoms with van der Waals surface area (Å²) in [5, 5.41) is 2.68. The molecule has 1 saturated heterocycles. The van der Waals surface area contributed by atoms with Crippen LogP contribution in [0.25, 0.3) is 0 Å². The molecule has 1 aliphatic carbocycles. The lowest BCUT2D eigenvalue weighted by Gasteiger charge is -2.17. The maximum Gasteiger partial charge on any atom is 0.326 e. The van der Waals surface area contributed by atoms with Crippen LogP contribution in [0.4, 0.5) is 0 Å². The molecule has 0 unspecified atom stereocenters. The maximum atomic E-state index is 12.4. The Balaban J connectivity index is 1.47. The number of methoxy groups -OCH3 is 1. The zero-order chi connectivity index (χ0) is 21.0. The highest BCUT2D eigenvalue weighted by Gasteiger charge is 2.47. The summed E-state index contributed by atoms with van der Waals surface area (Å²) in [6.45, 7) is 1.24. The average molecular weight is 400 g/mol. The number of imide groups is 1. The summed E-state index contributed by atoms with van der Waals surface area (Å²) in [7, 11) is 1.57. The molecule has 1 heterocycles. The third kappa shape index (κ3) is 4.64. The van der Waals surface area contributed by atoms with Gasteiger partial charge >= 0.3 is 5.97 Å². The van der Waals surface area contributed by atoms with Crippen LogP contribution in [0.15, 0.2) is 36.4 Å². The van der Waals surface area contributed by atoms with Gasteiger partial charge < -0.3 is 14.8 Å². The molecule has 0 radical (unpaired) electrons. The van der Waals surface area contributed by atoms with E-state index >= 15 is 0 Å². The summed E-state index contributed by atoms with van der Waals surface area (Å²) in [5.41, 5.74) is 0.863. The molecule has 1 aromatic carbocycles. The Morgan fingerprint density at radius 2 is 1.69 bits per heavy atom. The first-order valence-electron chi connectivity index (χ1n) is 9.51. The first-order valence-corrected chi connectivity index (χ1v) is 9.51. The van der Waals surface area contributed by atoms with E-state index in [1.165, 1.54) is 6.92 Å². The van der Waals surface area contributed by atoms with Crippen molar-refractivity contribution in [3.05, 3.63) is 42.0 Å². The van der Waals surface area contributed by atoms with Crippen molar-refractivity contribution in [2.75, 3.05) is 13.7 Å². The molecule has 0 aromatic heterocycles. The smallest absolute Gasteiger partial charge is 0.326 e. The van der Waals surface area contributed by atoms with Gasteiger partial charge in [-0.2, -0.15) is 0 Å². The molecule has 154 valence electrons. The van der Waals surface area contributed by atoms with Gasteiger partial charge in [-0.3, -0.25) is 24.1 Å². The van der Waals surface area contributed by atoms with E-state index in [4.69, 9.17) is 9.47 Å². The van der Waals surface area contributed by atoms with E-state index in [0.29, 0.717) is 18.6 Å². The lowest BCUT2D eigenvalue weighted by atomic mass is 9.85. The highest BCUT2D eigenvalue weighted by molar-refractivity contribution is 6.07. The van der Waals surface area contributed by atoms with Crippen molar-refractivity contribution in [2.24, 2.45) is 11.8 Å². The van der Waals surface area contributed by atoms with Gasteiger partial charge in [0.1, 0.15) is 12.3 Å². The van der Waals surface area contributed by atoms with Crippen LogP contribution in [0, 0.1) is 11.8 Å². The quantitative estimate of drug-likeness (QED) is 0.419. The largest absolute Gasteiger partial charge is 0.497 e. The number of allylic oxidation sites excluding steroid dienone is 2. The normalized spacial score (nSPS) is 21.5. The average Bonchev–Trinajstić information content (AvgIpc) is 2.97. The number of rotatable bonds is 7. The van der Waals surface area contributed by atoms with E-state index in [1.54, 1.807) is 19.2 Å². The predicted octanol–water partition coefficient (Wildman–Crippen LogP) is 1.19. The van der Waals surface area contributed by atoms with Crippen LogP contribution in [-0.4, -0.2) is 48.3 Å². The molecule has 3 amide bonds. The summed E-state index contributed by atoms with van der Waals surface area (Å²) >= 11 is 0. The van der Waals surface area contributed by atoms with Gasteiger partial charge in [-0.15, -0.1) is 0 Å². The fourth-order valence-corrected chi connectivity index (χ4v) is 3.52. The minimum Gasteiger partial charge on any atom is -0.497 e. The fourth-order valence-electron chi connectivity index (χ4n) is 3.52. The Kier molecular flexibility index (Phi) is 6.31. The van der Waals surface area contributed by atoms with Gasteiger partial charge in [0.2, 0.25) is 11.8 Å². The van der Waals surface area contributed by atoms with Crippen LogP contribution in [-0.2, 0) is 30.5 Å². The minimum atomic E-state index is -1.04. The van der Waals surface area contributed by atoms with Crippen LogP contribution in [0.5, 0.6) is 5.75 Å². The summed E-state index contributed by atoms with van der Waals surface area (Å²) in [6, 6.07) is 7.19. The number of hydrogen-bond acceptors (Lipinski definition) is 6. The zero-order valence-corrected chi connectivity index (χ0v) is 16.4. The number of ether oxygens (including phenoxy) is 2. The van der Waals surface area contributed by atoms with E-state index in [2.05, 4.69) is 5.32 Å². The minimum absolute atomic E-state index is 0.268. The molecule has 1 aliphatic heterocycles. The van der Waals surface area contributed by atoms with Gasteiger partial charge in [0.25, 0.3) is 5.91 Å². The van der Waals surface area contributed by atoms with E-state index in [-0.39, 0.29) is 18.4 Å². The van der Waals surface area contributed by atoms with Crippen molar-refractivity contribution in [1.29, 1.82) is 0 Å². The number of fused-ring (bicyclic) bond motifs is 1. The lowest BCUT2D eigenvalue weighted by Crippen LogP contribution is -2.40. The van der Waals surface area contributed by atoms with Crippen LogP contribution in [0.3, 0.4) is 0 Å². The Morgan fingerprint density at radius 3 is 2.24 bits per heavy atom. The predicted molar refractivity (Wildman–Crippen MR) is 102 cm³/mol. The molecule has 3 atom stereocenters. The molecule has 1 aromatic rings. The Labute approximate surface area is 168 Å². The first kappa shape index (κ1) is 20.6. The van der Waals surface area contributed by atoms with Crippen molar-refractivity contribution in [3.8, 4) is 5.75 Å². The van der Waals surface area contributed by atoms with E-state index in [0.717, 1.165) is 10.5 Å². The molecular formula is C21H24N2O6. The molecular weight excluding hydrogens is 376 g/mol. The number of nitrogens with one attached hydrogen (secondary N) is 1. The second kappa shape index (κ2) is 8.89. The summed E-state index contributed by atoms with van der Waals surface area (Å²) in [6.07, 6.45) is 3.72. The van der Waals surface area contributed by atoms with Crippen molar-refractivity contribution in [3.63, 3.8) is 0 Å². The van der Waals surface area contributed by atoms with Crippen molar-refractivity contribution >= 4 is 23.7 Å². The molecule has 8 nitrogen and oxygen atoms in total. The summed E-state index contributed by atoms with van der Waals surface area (Å²) < 4.78 is 10.2. The number of esters is 1. The third-order valence-electron chi connectivity index (χ3n) is 5.19. The zero-order valence-electron chi connectivity index (χ0n) is 16.4. The van der Waals surface area contributed by atoms with Crippen molar-refractivity contribution < 1.29 is 28.7 Å². The Bertz CT molecular complexity index is 806. The molecule has 3 rings (SSSR count). The number of hydrogen-bond donors (Lipinski definition) is 1. The molecule has 8 heteroatoms. The molecule has 29 heavy (non-hydrogen) atoms. The number of nitrogens with zero attached hydrogens (tertiary/aromatic N) is 1. The van der Waals surface area contributed by atoms with Gasteiger partial charge in [-0.25, -0.2) is 0 Å². The standard InChI is InChI=1S/C21H24N2O6/c1-13(19(25)22-11-14-7-9-15(28-2)10-8-14)29-18(24)12-23-20(26)16-5-3-4-6-17(16)21(23)27/h3-4,7-10,13,16-17H,5-6,11-12H2,1-2H3,(H,22,25)/t13-,16-,17+/m0/s1. The molecule has 0 saturated carbocycles. The van der Waals surface area contributed by atoms with Gasteiger partial charge in [-0.1, -0.05) is 24.3 Å². The second-order valence-electron chi connectivity index (χ2n) is 7.12. The number of benzene rings is 1. The monoisotopic (exact) mass is 400 g/mol. The Hall–Kier alpha value is -3.16. The topological polar surface area (TPSA) is 102 Å². The fraction of sp³-hybridized carbons (Fsp3) is 0.429. The highest BCUT2D eigenvalue weighted by atomic mass is 16.5. The lowest BCUT2D eigenvalue weighted by molar-refractivity contribution is -0.159. The van der Waals surface area contributed by atoms with Gasteiger partial charge in [0.15, 0.2) is 6.10 Å². The van der Waals surface area contributed by atoms with Gasteiger partial charge in [0.05, 0.1) is 18.9 Å². The second-order valence-corrected chi connectivity index (χ2v) is 7.12. The van der Waals surface area contributed by atoms with Crippen LogP contribution < -0.4 is 10.1 Å². The van der Waals surface area contributed by atoms with E-state index in [9.17, 15) is 19.2 Å². The molecule has 2 aliphatic rings. The van der Waals surface area contributed by atoms with Crippen molar-refractivity contribution in [1.82, 2.24) is 10.2 Å². The van der Waals surface area contributed by atoms with Crippen molar-refractivity contribution in [2.45, 2.75) is 32.4 Å². The summed E-state index contributed by atoms with van der Waals surface area (Å²) in [4.78, 5) is 50.1. The highest BCUT2D eigenvalue weighted by Crippen LogP contribution is 2.34. The van der Waals surface area contributed by atoms with E-state index < -0.39 is 36.4 Å². The first-order chi connectivity index (χ1) is 13.9. The SMILES string of the molecule is COc1ccc(CNC(=O)[C@H](C)OC(=O)CN2C(=O)[C@H]3CC=CC[C@H]3C2=O)cc1. The summed E-state index contributed by atoms with van der Waals surface area (Å²) in [5.74, 6) is -2.03. The Morgan fingerprint density at radius 1 is 1.10 bits per heavy atom. The molecule has 1 fully saturated rings. The number of likely N-dealkylation sites (tertiary alicyclic amines) is 1. The van der Waals surface area contributed by atoms with Crippen LogP contribution >= 0.6 is 0 Å². The number of carbonyl (C=O) groups is 4. The van der Waals surface area contributed by atoms with E-state index in [1.807, 2.05) is 24.3 Å².